The van der Waals surface area contributed by atoms with Gasteiger partial charge >= 0.3 is 0 Å². The van der Waals surface area contributed by atoms with Crippen LogP contribution in [0.3, 0.4) is 0 Å². The first-order valence-corrected chi connectivity index (χ1v) is 9.11. The first-order chi connectivity index (χ1) is 12.6. The van der Waals surface area contributed by atoms with Crippen LogP contribution in [-0.4, -0.2) is 48.9 Å². The third kappa shape index (κ3) is 2.99. The molecule has 26 heavy (non-hydrogen) atoms. The molecular formula is C21H23N3O2. The number of benzene rings is 2. The summed E-state index contributed by atoms with van der Waals surface area (Å²) in [5, 5.41) is 0. The summed E-state index contributed by atoms with van der Waals surface area (Å²) in [5.41, 5.74) is 2.87. The monoisotopic (exact) mass is 349 g/mol. The zero-order chi connectivity index (χ0) is 18.1. The zero-order valence-electron chi connectivity index (χ0n) is 15.0. The predicted molar refractivity (Wildman–Crippen MR) is 102 cm³/mol. The molecule has 5 heteroatoms. The Bertz CT molecular complexity index is 813. The second kappa shape index (κ2) is 6.92. The van der Waals surface area contributed by atoms with Crippen LogP contribution < -0.4 is 9.80 Å². The highest BCUT2D eigenvalue weighted by atomic mass is 16.2. The molecule has 0 spiro atoms. The van der Waals surface area contributed by atoms with E-state index in [-0.39, 0.29) is 24.3 Å². The van der Waals surface area contributed by atoms with Gasteiger partial charge in [0.2, 0.25) is 5.91 Å². The van der Waals surface area contributed by atoms with Crippen molar-refractivity contribution in [3.63, 3.8) is 0 Å². The highest BCUT2D eigenvalue weighted by Gasteiger charge is 2.43. The van der Waals surface area contributed by atoms with Gasteiger partial charge in [-0.25, -0.2) is 4.90 Å². The Morgan fingerprint density at radius 1 is 0.846 bits per heavy atom. The fraction of sp³-hybridized carbons (Fsp3) is 0.333. The molecule has 2 aliphatic heterocycles. The molecule has 2 saturated heterocycles. The van der Waals surface area contributed by atoms with Crippen molar-refractivity contribution in [2.24, 2.45) is 0 Å². The molecule has 2 heterocycles. The van der Waals surface area contributed by atoms with Gasteiger partial charge in [-0.1, -0.05) is 36.4 Å². The minimum Gasteiger partial charge on any atom is -0.369 e. The predicted octanol–water partition coefficient (Wildman–Crippen LogP) is 2.45. The number of rotatable bonds is 3. The van der Waals surface area contributed by atoms with Crippen LogP contribution in [0.1, 0.15) is 12.0 Å². The van der Waals surface area contributed by atoms with Gasteiger partial charge in [0.1, 0.15) is 0 Å². The topological polar surface area (TPSA) is 43.9 Å². The minimum absolute atomic E-state index is 0.0857. The zero-order valence-corrected chi connectivity index (χ0v) is 15.0. The summed E-state index contributed by atoms with van der Waals surface area (Å²) in [6.45, 7) is 5.25. The summed E-state index contributed by atoms with van der Waals surface area (Å²) < 4.78 is 0. The Morgan fingerprint density at radius 3 is 2.19 bits per heavy atom. The SMILES string of the molecule is Cc1ccccc1N1C(=O)C[C@@H](N2CCN(c3ccccc3)CC2)C1=O. The number of anilines is 2. The van der Waals surface area contributed by atoms with Gasteiger partial charge in [-0.05, 0) is 30.7 Å². The van der Waals surface area contributed by atoms with Gasteiger partial charge in [0.25, 0.3) is 5.91 Å². The number of nitrogens with zero attached hydrogens (tertiary/aromatic N) is 3. The van der Waals surface area contributed by atoms with Crippen molar-refractivity contribution in [1.82, 2.24) is 4.90 Å². The number of hydrogen-bond acceptors (Lipinski definition) is 4. The fourth-order valence-electron chi connectivity index (χ4n) is 3.90. The molecule has 2 aliphatic rings. The van der Waals surface area contributed by atoms with Crippen LogP contribution in [-0.2, 0) is 9.59 Å². The van der Waals surface area contributed by atoms with Gasteiger partial charge in [0.15, 0.2) is 0 Å². The third-order valence-corrected chi connectivity index (χ3v) is 5.36. The lowest BCUT2D eigenvalue weighted by atomic mass is 10.1. The van der Waals surface area contributed by atoms with Gasteiger partial charge < -0.3 is 4.90 Å². The normalized spacial score (nSPS) is 21.5. The minimum atomic E-state index is -0.333. The standard InChI is InChI=1S/C21H23N3O2/c1-16-7-5-6-10-18(16)24-20(25)15-19(21(24)26)23-13-11-22(12-14-23)17-8-3-2-4-9-17/h2-10,19H,11-15H2,1H3/t19-/m1/s1. The van der Waals surface area contributed by atoms with E-state index in [2.05, 4.69) is 21.9 Å². The molecule has 0 N–H and O–H groups in total. The highest BCUT2D eigenvalue weighted by Crippen LogP contribution is 2.29. The van der Waals surface area contributed by atoms with Crippen molar-refractivity contribution >= 4 is 23.2 Å². The Balaban J connectivity index is 1.46. The Labute approximate surface area is 153 Å². The van der Waals surface area contributed by atoms with Crippen molar-refractivity contribution < 1.29 is 9.59 Å². The molecule has 4 rings (SSSR count). The maximum Gasteiger partial charge on any atom is 0.251 e. The van der Waals surface area contributed by atoms with E-state index in [1.165, 1.54) is 10.6 Å². The molecule has 0 saturated carbocycles. The lowest BCUT2D eigenvalue weighted by Gasteiger charge is -2.38. The number of piperazine rings is 1. The molecule has 0 bridgehead atoms. The summed E-state index contributed by atoms with van der Waals surface area (Å²) in [5.74, 6) is -0.183. The molecule has 2 aromatic rings. The number of amides is 2. The second-order valence-electron chi connectivity index (χ2n) is 6.93. The van der Waals surface area contributed by atoms with Crippen LogP contribution in [0.2, 0.25) is 0 Å². The van der Waals surface area contributed by atoms with Crippen molar-refractivity contribution in [3.05, 3.63) is 60.2 Å². The van der Waals surface area contributed by atoms with E-state index in [1.54, 1.807) is 0 Å². The molecule has 5 nitrogen and oxygen atoms in total. The number of aryl methyl sites for hydroxylation is 1. The highest BCUT2D eigenvalue weighted by molar-refractivity contribution is 6.22. The largest absolute Gasteiger partial charge is 0.369 e. The number of imide groups is 1. The van der Waals surface area contributed by atoms with Crippen molar-refractivity contribution in [3.8, 4) is 0 Å². The lowest BCUT2D eigenvalue weighted by Crippen LogP contribution is -2.52. The first kappa shape index (κ1) is 16.8. The van der Waals surface area contributed by atoms with Gasteiger partial charge in [-0.3, -0.25) is 14.5 Å². The molecule has 0 aliphatic carbocycles. The van der Waals surface area contributed by atoms with E-state index in [9.17, 15) is 9.59 Å². The van der Waals surface area contributed by atoms with Crippen molar-refractivity contribution in [2.45, 2.75) is 19.4 Å². The second-order valence-corrected chi connectivity index (χ2v) is 6.93. The van der Waals surface area contributed by atoms with Crippen LogP contribution >= 0.6 is 0 Å². The molecule has 2 fully saturated rings. The average molecular weight is 349 g/mol. The number of para-hydroxylation sites is 2. The van der Waals surface area contributed by atoms with Crippen LogP contribution in [0, 0.1) is 6.92 Å². The van der Waals surface area contributed by atoms with E-state index in [0.717, 1.165) is 31.7 Å². The van der Waals surface area contributed by atoms with E-state index >= 15 is 0 Å². The molecule has 134 valence electrons. The fourth-order valence-corrected chi connectivity index (χ4v) is 3.90. The summed E-state index contributed by atoms with van der Waals surface area (Å²) in [6.07, 6.45) is 0.276. The molecule has 0 unspecified atom stereocenters. The Kier molecular flexibility index (Phi) is 4.47. The summed E-state index contributed by atoms with van der Waals surface area (Å²) in [7, 11) is 0. The third-order valence-electron chi connectivity index (χ3n) is 5.36. The van der Waals surface area contributed by atoms with Crippen LogP contribution in [0.4, 0.5) is 11.4 Å². The van der Waals surface area contributed by atoms with Crippen LogP contribution in [0.15, 0.2) is 54.6 Å². The van der Waals surface area contributed by atoms with E-state index in [0.29, 0.717) is 5.69 Å². The van der Waals surface area contributed by atoms with Gasteiger partial charge in [0.05, 0.1) is 18.2 Å². The van der Waals surface area contributed by atoms with Crippen molar-refractivity contribution in [1.29, 1.82) is 0 Å². The Morgan fingerprint density at radius 2 is 1.50 bits per heavy atom. The van der Waals surface area contributed by atoms with Crippen molar-refractivity contribution in [2.75, 3.05) is 36.0 Å². The van der Waals surface area contributed by atoms with Gasteiger partial charge in [-0.15, -0.1) is 0 Å². The molecule has 2 aromatic carbocycles. The number of carbonyl (C=O) groups is 2. The van der Waals surface area contributed by atoms with Crippen LogP contribution in [0.5, 0.6) is 0 Å². The average Bonchev–Trinajstić information content (AvgIpc) is 2.97. The molecule has 2 amide bonds. The lowest BCUT2D eigenvalue weighted by molar-refractivity contribution is -0.123. The quantitative estimate of drug-likeness (QED) is 0.799. The Hall–Kier alpha value is -2.66. The maximum atomic E-state index is 13.0. The van der Waals surface area contributed by atoms with E-state index in [1.807, 2.05) is 49.4 Å². The van der Waals surface area contributed by atoms with Crippen LogP contribution in [0.25, 0.3) is 0 Å². The summed E-state index contributed by atoms with van der Waals surface area (Å²) in [4.78, 5) is 31.4. The van der Waals surface area contributed by atoms with Gasteiger partial charge in [-0.2, -0.15) is 0 Å². The summed E-state index contributed by atoms with van der Waals surface area (Å²) in [6, 6.07) is 17.6. The number of carbonyl (C=O) groups excluding carboxylic acids is 2. The molecule has 0 aromatic heterocycles. The van der Waals surface area contributed by atoms with E-state index < -0.39 is 0 Å². The molecular weight excluding hydrogens is 326 g/mol. The van der Waals surface area contributed by atoms with E-state index in [4.69, 9.17) is 0 Å². The first-order valence-electron chi connectivity index (χ1n) is 9.11. The molecule has 1 atom stereocenters. The summed E-state index contributed by atoms with van der Waals surface area (Å²) >= 11 is 0. The smallest absolute Gasteiger partial charge is 0.251 e. The number of hydrogen-bond donors (Lipinski definition) is 0. The molecule has 0 radical (unpaired) electrons. The maximum absolute atomic E-state index is 13.0. The van der Waals surface area contributed by atoms with Gasteiger partial charge in [0, 0.05) is 31.9 Å².